The van der Waals surface area contributed by atoms with E-state index in [4.69, 9.17) is 0 Å². The zero-order chi connectivity index (χ0) is 5.82. The molecule has 0 bridgehead atoms. The molecular weight excluding hydrogens is 122 g/mol. The zero-order valence-corrected chi connectivity index (χ0v) is 5.02. The highest BCUT2D eigenvalue weighted by Gasteiger charge is 1.97. The summed E-state index contributed by atoms with van der Waals surface area (Å²) in [6.07, 6.45) is 3.89. The first-order valence-electron chi connectivity index (χ1n) is 2.26. The van der Waals surface area contributed by atoms with Crippen molar-refractivity contribution in [2.75, 3.05) is 0 Å². The first kappa shape index (κ1) is 5.56. The number of hydrogen-bond donors (Lipinski definition) is 0. The van der Waals surface area contributed by atoms with Crippen LogP contribution in [0.1, 0.15) is 6.42 Å². The van der Waals surface area contributed by atoms with Crippen molar-refractivity contribution in [1.82, 2.24) is 0 Å². The smallest absolute Gasteiger partial charge is 0.198 e. The molecule has 0 unspecified atom stereocenters. The van der Waals surface area contributed by atoms with Crippen LogP contribution in [0.2, 0.25) is 0 Å². The van der Waals surface area contributed by atoms with Gasteiger partial charge in [-0.05, 0) is 11.8 Å². The summed E-state index contributed by atoms with van der Waals surface area (Å²) in [5, 5.41) is 0.155. The molecule has 0 fully saturated rings. The van der Waals surface area contributed by atoms with Crippen molar-refractivity contribution in [3.05, 3.63) is 12.3 Å². The Bertz CT molecular complexity index is 135. The summed E-state index contributed by atoms with van der Waals surface area (Å²) < 4.78 is 0. The van der Waals surface area contributed by atoms with Crippen molar-refractivity contribution >= 4 is 22.4 Å². The average Bonchev–Trinajstić information content (AvgIpc) is 1.94. The number of hydrogen-bond acceptors (Lipinski definition) is 3. The number of nitrogens with zero attached hydrogens (tertiary/aromatic N) is 1. The third-order valence-corrected chi connectivity index (χ3v) is 1.38. The van der Waals surface area contributed by atoms with E-state index >= 15 is 0 Å². The van der Waals surface area contributed by atoms with E-state index in [0.717, 1.165) is 11.8 Å². The summed E-state index contributed by atoms with van der Waals surface area (Å²) in [6, 6.07) is 0. The molecule has 0 N–H and O–H groups in total. The summed E-state index contributed by atoms with van der Waals surface area (Å²) in [6.45, 7) is 0. The van der Waals surface area contributed by atoms with Crippen molar-refractivity contribution in [1.29, 1.82) is 0 Å². The molecule has 1 aliphatic rings. The average molecular weight is 127 g/mol. The van der Waals surface area contributed by atoms with Crippen LogP contribution in [0.15, 0.2) is 17.3 Å². The molecule has 0 aromatic carbocycles. The molecule has 3 heteroatoms. The highest BCUT2D eigenvalue weighted by molar-refractivity contribution is 8.24. The predicted octanol–water partition coefficient (Wildman–Crippen LogP) is 1.19. The maximum Gasteiger partial charge on any atom is 0.198 e. The molecule has 0 spiro atoms. The molecule has 42 valence electrons. The van der Waals surface area contributed by atoms with Crippen molar-refractivity contribution in [3.8, 4) is 0 Å². The fourth-order valence-corrected chi connectivity index (χ4v) is 0.823. The quantitative estimate of drug-likeness (QED) is 0.489. The summed E-state index contributed by atoms with van der Waals surface area (Å²) in [5.74, 6) is 0. The number of thioether (sulfide) groups is 1. The normalized spacial score (nSPS) is 18.8. The zero-order valence-electron chi connectivity index (χ0n) is 4.20. The van der Waals surface area contributed by atoms with E-state index in [1.165, 1.54) is 0 Å². The van der Waals surface area contributed by atoms with Gasteiger partial charge in [0.05, 0.1) is 5.55 Å². The third-order valence-electron chi connectivity index (χ3n) is 0.721. The summed E-state index contributed by atoms with van der Waals surface area (Å²) in [5.41, 5.74) is 1.55. The minimum Gasteiger partial charge on any atom is -0.286 e. The fourth-order valence-electron chi connectivity index (χ4n) is 0.382. The lowest BCUT2D eigenvalue weighted by Gasteiger charge is -1.81. The van der Waals surface area contributed by atoms with Crippen LogP contribution >= 0.6 is 11.8 Å². The standard InChI is InChI=1S/C5H5NOS/c7-5-2-1-3-6-4-8-5/h1,3-4H,2H2. The first-order chi connectivity index (χ1) is 3.89. The van der Waals surface area contributed by atoms with E-state index in [-0.39, 0.29) is 5.12 Å². The van der Waals surface area contributed by atoms with Gasteiger partial charge in [0.1, 0.15) is 0 Å². The fraction of sp³-hybridized carbons (Fsp3) is 0.200. The molecule has 0 radical (unpaired) electrons. The molecule has 1 rings (SSSR count). The highest BCUT2D eigenvalue weighted by atomic mass is 32.2. The van der Waals surface area contributed by atoms with Crippen LogP contribution in [0.25, 0.3) is 0 Å². The maximum atomic E-state index is 10.5. The van der Waals surface area contributed by atoms with E-state index in [9.17, 15) is 4.79 Å². The molecule has 1 heterocycles. The lowest BCUT2D eigenvalue weighted by molar-refractivity contribution is -0.110. The first-order valence-corrected chi connectivity index (χ1v) is 3.14. The van der Waals surface area contributed by atoms with E-state index in [0.29, 0.717) is 6.42 Å². The molecular formula is C5H5NOS. The van der Waals surface area contributed by atoms with Gasteiger partial charge in [-0.1, -0.05) is 6.08 Å². The molecule has 8 heavy (non-hydrogen) atoms. The van der Waals surface area contributed by atoms with E-state index in [1.807, 2.05) is 0 Å². The van der Waals surface area contributed by atoms with Gasteiger partial charge in [0.15, 0.2) is 5.12 Å². The topological polar surface area (TPSA) is 29.4 Å². The minimum atomic E-state index is 0.155. The molecule has 0 aromatic rings. The number of carbonyl (C=O) groups is 1. The number of rotatable bonds is 0. The molecule has 0 saturated carbocycles. The Morgan fingerprint density at radius 1 is 1.75 bits per heavy atom. The van der Waals surface area contributed by atoms with Gasteiger partial charge in [-0.25, -0.2) is 0 Å². The predicted molar refractivity (Wildman–Crippen MR) is 34.8 cm³/mol. The molecule has 0 atom stereocenters. The monoisotopic (exact) mass is 127 g/mol. The van der Waals surface area contributed by atoms with Gasteiger partial charge < -0.3 is 0 Å². The lowest BCUT2D eigenvalue weighted by atomic mass is 10.5. The van der Waals surface area contributed by atoms with Gasteiger partial charge in [0.2, 0.25) is 0 Å². The van der Waals surface area contributed by atoms with Crippen LogP contribution in [0.5, 0.6) is 0 Å². The van der Waals surface area contributed by atoms with Crippen LogP contribution in [-0.2, 0) is 4.79 Å². The van der Waals surface area contributed by atoms with Gasteiger partial charge in [0.25, 0.3) is 0 Å². The Balaban J connectivity index is 2.58. The van der Waals surface area contributed by atoms with E-state index in [1.54, 1.807) is 17.8 Å². The number of allylic oxidation sites excluding steroid dienone is 1. The summed E-state index contributed by atoms with van der Waals surface area (Å²) >= 11 is 1.15. The van der Waals surface area contributed by atoms with Crippen LogP contribution in [0.3, 0.4) is 0 Å². The Kier molecular flexibility index (Phi) is 1.86. The van der Waals surface area contributed by atoms with Gasteiger partial charge in [0, 0.05) is 12.6 Å². The number of carbonyl (C=O) groups excluding carboxylic acids is 1. The minimum absolute atomic E-state index is 0.155. The Morgan fingerprint density at radius 3 is 3.50 bits per heavy atom. The molecule has 0 aromatic heterocycles. The van der Waals surface area contributed by atoms with Crippen LogP contribution in [0, 0.1) is 0 Å². The maximum absolute atomic E-state index is 10.5. The van der Waals surface area contributed by atoms with Crippen molar-refractivity contribution in [2.24, 2.45) is 4.99 Å². The molecule has 0 saturated heterocycles. The second-order valence-electron chi connectivity index (χ2n) is 1.33. The summed E-state index contributed by atoms with van der Waals surface area (Å²) in [4.78, 5) is 14.3. The largest absolute Gasteiger partial charge is 0.286 e. The number of aliphatic imine (C=N–C) groups is 1. The summed E-state index contributed by atoms with van der Waals surface area (Å²) in [7, 11) is 0. The Hall–Kier alpha value is -0.570. The van der Waals surface area contributed by atoms with E-state index in [2.05, 4.69) is 4.99 Å². The SMILES string of the molecule is O=C1CC=CN=CS1. The van der Waals surface area contributed by atoms with Crippen molar-refractivity contribution in [2.45, 2.75) is 6.42 Å². The third kappa shape index (κ3) is 1.50. The van der Waals surface area contributed by atoms with Crippen LogP contribution in [0.4, 0.5) is 0 Å². The van der Waals surface area contributed by atoms with E-state index < -0.39 is 0 Å². The Labute approximate surface area is 51.7 Å². The van der Waals surface area contributed by atoms with Gasteiger partial charge >= 0.3 is 0 Å². The van der Waals surface area contributed by atoms with Crippen LogP contribution < -0.4 is 0 Å². The highest BCUT2D eigenvalue weighted by Crippen LogP contribution is 2.05. The molecule has 0 aliphatic carbocycles. The Morgan fingerprint density at radius 2 is 2.62 bits per heavy atom. The molecule has 1 aliphatic heterocycles. The van der Waals surface area contributed by atoms with Crippen molar-refractivity contribution in [3.63, 3.8) is 0 Å². The van der Waals surface area contributed by atoms with Crippen LogP contribution in [-0.4, -0.2) is 10.7 Å². The lowest BCUT2D eigenvalue weighted by Crippen LogP contribution is -1.84. The molecule has 2 nitrogen and oxygen atoms in total. The second kappa shape index (κ2) is 2.67. The van der Waals surface area contributed by atoms with Crippen molar-refractivity contribution < 1.29 is 4.79 Å². The van der Waals surface area contributed by atoms with Gasteiger partial charge in [-0.2, -0.15) is 0 Å². The van der Waals surface area contributed by atoms with Gasteiger partial charge in [-0.3, -0.25) is 9.79 Å². The second-order valence-corrected chi connectivity index (χ2v) is 2.24. The molecule has 0 amide bonds. The van der Waals surface area contributed by atoms with Gasteiger partial charge in [-0.15, -0.1) is 0 Å².